The Labute approximate surface area is 600 Å². The van der Waals surface area contributed by atoms with Crippen LogP contribution in [0.4, 0.5) is 0 Å². The van der Waals surface area contributed by atoms with E-state index in [1.54, 1.807) is 0 Å². The molecule has 98 heavy (non-hydrogen) atoms. The summed E-state index contributed by atoms with van der Waals surface area (Å²) in [6.45, 7) is 12.0. The summed E-state index contributed by atoms with van der Waals surface area (Å²) in [7, 11) is -9.92. The average Bonchev–Trinajstić information content (AvgIpc) is 0.967. The second-order valence-electron chi connectivity index (χ2n) is 29.9. The van der Waals surface area contributed by atoms with Gasteiger partial charge in [-0.2, -0.15) is 0 Å². The van der Waals surface area contributed by atoms with Crippen molar-refractivity contribution < 1.29 is 80.2 Å². The standard InChI is InChI=1S/C79H154O17P2/c1-8-9-10-11-12-13-22-32-39-46-53-60-76(81)89-66-74(96-79(84)63-56-49-42-35-28-21-25-31-38-45-52-59-72(6)7)68-93-97(85,86)91-64-73(80)65-92-98(87,88)94-69-75(67-90-77(82)61-54-47-40-33-26-20-16-18-24-30-37-44-51-58-71(4)5)95-78(83)62-55-48-41-34-27-19-15-14-17-23-29-36-43-50-57-70(2)3/h70-75,80H,8-69H2,1-7H3,(H,85,86)(H,87,88)/t73-,74+,75+/m0/s1. The first kappa shape index (κ1) is 96.1. The third-order valence-electron chi connectivity index (χ3n) is 18.4. The second kappa shape index (κ2) is 69.4. The fourth-order valence-electron chi connectivity index (χ4n) is 12.1. The Kier molecular flexibility index (Phi) is 68.1. The molecule has 0 heterocycles. The predicted octanol–water partition coefficient (Wildman–Crippen LogP) is 23.4. The van der Waals surface area contributed by atoms with Crippen molar-refractivity contribution in [1.29, 1.82) is 0 Å². The average molecular weight is 1440 g/mol. The molecule has 0 bridgehead atoms. The Bertz CT molecular complexity index is 1900. The molecular formula is C79H154O17P2. The highest BCUT2D eigenvalue weighted by Gasteiger charge is 2.30. The highest BCUT2D eigenvalue weighted by atomic mass is 31.2. The first-order valence-electron chi connectivity index (χ1n) is 40.8. The van der Waals surface area contributed by atoms with Crippen LogP contribution in [0.25, 0.3) is 0 Å². The Morgan fingerprint density at radius 2 is 0.469 bits per heavy atom. The van der Waals surface area contributed by atoms with Gasteiger partial charge in [0.15, 0.2) is 12.2 Å². The summed E-state index contributed by atoms with van der Waals surface area (Å²) < 4.78 is 68.7. The number of hydrogen-bond donors (Lipinski definition) is 3. The van der Waals surface area contributed by atoms with Gasteiger partial charge in [0.05, 0.1) is 26.4 Å². The summed E-state index contributed by atoms with van der Waals surface area (Å²) in [5, 5.41) is 10.6. The Morgan fingerprint density at radius 3 is 0.694 bits per heavy atom. The summed E-state index contributed by atoms with van der Waals surface area (Å²) in [5.41, 5.74) is 0. The van der Waals surface area contributed by atoms with E-state index >= 15 is 0 Å². The first-order chi connectivity index (χ1) is 47.2. The van der Waals surface area contributed by atoms with Gasteiger partial charge in [-0.05, 0) is 43.4 Å². The smallest absolute Gasteiger partial charge is 0.462 e. The third-order valence-corrected chi connectivity index (χ3v) is 20.3. The lowest BCUT2D eigenvalue weighted by Gasteiger charge is -2.21. The molecule has 0 saturated heterocycles. The van der Waals surface area contributed by atoms with E-state index in [4.69, 9.17) is 37.0 Å². The molecule has 0 aromatic rings. The van der Waals surface area contributed by atoms with Crippen molar-refractivity contribution in [3.8, 4) is 0 Å². The molecule has 3 N–H and O–H groups in total. The van der Waals surface area contributed by atoms with Crippen LogP contribution >= 0.6 is 15.6 Å². The van der Waals surface area contributed by atoms with Gasteiger partial charge in [-0.3, -0.25) is 37.3 Å². The largest absolute Gasteiger partial charge is 0.472 e. The summed E-state index contributed by atoms with van der Waals surface area (Å²) in [6, 6.07) is 0. The van der Waals surface area contributed by atoms with E-state index in [0.717, 1.165) is 108 Å². The molecule has 5 atom stereocenters. The van der Waals surface area contributed by atoms with Crippen LogP contribution in [0.1, 0.15) is 408 Å². The monoisotopic (exact) mass is 1440 g/mol. The molecule has 19 heteroatoms. The molecular weight excluding hydrogens is 1280 g/mol. The van der Waals surface area contributed by atoms with Gasteiger partial charge in [-0.25, -0.2) is 9.13 Å². The Balaban J connectivity index is 5.26. The van der Waals surface area contributed by atoms with E-state index in [9.17, 15) is 43.2 Å². The fourth-order valence-corrected chi connectivity index (χ4v) is 13.7. The first-order valence-corrected chi connectivity index (χ1v) is 43.8. The van der Waals surface area contributed by atoms with Crippen molar-refractivity contribution in [2.75, 3.05) is 39.6 Å². The van der Waals surface area contributed by atoms with Crippen molar-refractivity contribution in [1.82, 2.24) is 0 Å². The van der Waals surface area contributed by atoms with Crippen LogP contribution in [0, 0.1) is 17.8 Å². The third kappa shape index (κ3) is 72.4. The maximum atomic E-state index is 13.1. The zero-order valence-electron chi connectivity index (χ0n) is 64.3. The van der Waals surface area contributed by atoms with Crippen LogP contribution in [0.5, 0.6) is 0 Å². The van der Waals surface area contributed by atoms with Crippen LogP contribution < -0.4 is 0 Å². The van der Waals surface area contributed by atoms with Gasteiger partial charge in [0.2, 0.25) is 0 Å². The van der Waals surface area contributed by atoms with E-state index in [0.29, 0.717) is 25.7 Å². The molecule has 0 amide bonds. The van der Waals surface area contributed by atoms with Gasteiger partial charge in [-0.15, -0.1) is 0 Å². The minimum Gasteiger partial charge on any atom is -0.462 e. The molecule has 0 aliphatic heterocycles. The van der Waals surface area contributed by atoms with Gasteiger partial charge < -0.3 is 33.8 Å². The lowest BCUT2D eigenvalue weighted by Crippen LogP contribution is -2.30. The van der Waals surface area contributed by atoms with E-state index in [1.165, 1.54) is 218 Å². The summed E-state index contributed by atoms with van der Waals surface area (Å²) in [6.07, 6.45) is 56.7. The minimum absolute atomic E-state index is 0.107. The van der Waals surface area contributed by atoms with Crippen LogP contribution in [-0.4, -0.2) is 96.7 Å². The van der Waals surface area contributed by atoms with Crippen LogP contribution in [-0.2, 0) is 65.4 Å². The Hall–Kier alpha value is -1.94. The minimum atomic E-state index is -4.96. The second-order valence-corrected chi connectivity index (χ2v) is 32.8. The lowest BCUT2D eigenvalue weighted by molar-refractivity contribution is -0.161. The summed E-state index contributed by atoms with van der Waals surface area (Å²) >= 11 is 0. The number of phosphoric acid groups is 2. The van der Waals surface area contributed by atoms with E-state index in [1.807, 2.05) is 0 Å². The Morgan fingerprint density at radius 1 is 0.276 bits per heavy atom. The van der Waals surface area contributed by atoms with Crippen molar-refractivity contribution in [2.45, 2.75) is 426 Å². The number of phosphoric ester groups is 2. The van der Waals surface area contributed by atoms with Crippen molar-refractivity contribution in [3.05, 3.63) is 0 Å². The molecule has 17 nitrogen and oxygen atoms in total. The molecule has 2 unspecified atom stereocenters. The maximum Gasteiger partial charge on any atom is 0.472 e. The predicted molar refractivity (Wildman–Crippen MR) is 400 cm³/mol. The molecule has 0 fully saturated rings. The molecule has 0 aromatic heterocycles. The maximum absolute atomic E-state index is 13.1. The molecule has 0 spiro atoms. The van der Waals surface area contributed by atoms with Crippen LogP contribution in [0.2, 0.25) is 0 Å². The van der Waals surface area contributed by atoms with Gasteiger partial charge in [-0.1, -0.05) is 357 Å². The normalized spacial score (nSPS) is 14.0. The molecule has 0 aliphatic carbocycles. The molecule has 0 rings (SSSR count). The highest BCUT2D eigenvalue weighted by molar-refractivity contribution is 7.47. The van der Waals surface area contributed by atoms with Gasteiger partial charge >= 0.3 is 39.5 Å². The van der Waals surface area contributed by atoms with E-state index in [-0.39, 0.29) is 25.7 Å². The molecule has 0 radical (unpaired) electrons. The number of carbonyl (C=O) groups excluding carboxylic acids is 4. The number of esters is 4. The number of ether oxygens (including phenoxy) is 4. The topological polar surface area (TPSA) is 237 Å². The number of aliphatic hydroxyl groups is 1. The van der Waals surface area contributed by atoms with Crippen molar-refractivity contribution in [3.63, 3.8) is 0 Å². The summed E-state index contributed by atoms with van der Waals surface area (Å²) in [5.74, 6) is 0.240. The quantitative estimate of drug-likeness (QED) is 0.0222. The van der Waals surface area contributed by atoms with Gasteiger partial charge in [0, 0.05) is 25.7 Å². The molecule has 0 saturated carbocycles. The molecule has 0 aliphatic rings. The van der Waals surface area contributed by atoms with Crippen LogP contribution in [0.15, 0.2) is 0 Å². The summed E-state index contributed by atoms with van der Waals surface area (Å²) in [4.78, 5) is 73.0. The number of rotatable bonds is 77. The van der Waals surface area contributed by atoms with Crippen molar-refractivity contribution in [2.24, 2.45) is 17.8 Å². The lowest BCUT2D eigenvalue weighted by atomic mass is 10.0. The number of carbonyl (C=O) groups is 4. The van der Waals surface area contributed by atoms with E-state index < -0.39 is 97.5 Å². The van der Waals surface area contributed by atoms with Gasteiger partial charge in [0.1, 0.15) is 19.3 Å². The SMILES string of the molecule is CCCCCCCCCCCCCC(=O)OC[C@H](COP(=O)(O)OC[C@H](O)COP(=O)(O)OC[C@@H](COC(=O)CCCCCCCCCCCCCCCC(C)C)OC(=O)CCCCCCCCCCCCCCCCC(C)C)OC(=O)CCCCCCCCCCCCCC(C)C. The zero-order chi connectivity index (χ0) is 72.3. The van der Waals surface area contributed by atoms with E-state index in [2.05, 4.69) is 48.5 Å². The number of unbranched alkanes of at least 4 members (excludes halogenated alkanes) is 45. The molecule has 582 valence electrons. The number of aliphatic hydroxyl groups excluding tert-OH is 1. The van der Waals surface area contributed by atoms with Gasteiger partial charge in [0.25, 0.3) is 0 Å². The fraction of sp³-hybridized carbons (Fsp3) is 0.949. The van der Waals surface area contributed by atoms with Crippen molar-refractivity contribution >= 4 is 39.5 Å². The zero-order valence-corrected chi connectivity index (χ0v) is 66.0. The highest BCUT2D eigenvalue weighted by Crippen LogP contribution is 2.45. The van der Waals surface area contributed by atoms with Crippen LogP contribution in [0.3, 0.4) is 0 Å². The molecule has 0 aromatic carbocycles. The number of hydrogen-bond acceptors (Lipinski definition) is 15.